The average molecular weight is 309 g/mol. The highest BCUT2D eigenvalue weighted by molar-refractivity contribution is 7.89. The second kappa shape index (κ2) is 6.84. The molecule has 2 rings (SSSR count). The van der Waals surface area contributed by atoms with Gasteiger partial charge >= 0.3 is 0 Å². The van der Waals surface area contributed by atoms with Gasteiger partial charge in [0, 0.05) is 25.0 Å². The quantitative estimate of drug-likeness (QED) is 0.811. The molecule has 0 unspecified atom stereocenters. The van der Waals surface area contributed by atoms with Crippen LogP contribution >= 0.6 is 0 Å². The Morgan fingerprint density at radius 3 is 2.62 bits per heavy atom. The number of hydrogen-bond acceptors (Lipinski definition) is 5. The summed E-state index contributed by atoms with van der Waals surface area (Å²) < 4.78 is 32.6. The Labute approximate surface area is 124 Å². The van der Waals surface area contributed by atoms with E-state index < -0.39 is 10.0 Å². The molecule has 2 heterocycles. The summed E-state index contributed by atoms with van der Waals surface area (Å²) in [6.07, 6.45) is 3.25. The van der Waals surface area contributed by atoms with Gasteiger partial charge < -0.3 is 9.73 Å². The third-order valence-corrected chi connectivity index (χ3v) is 4.49. The fourth-order valence-electron chi connectivity index (χ4n) is 1.88. The van der Waals surface area contributed by atoms with Gasteiger partial charge in [-0.15, -0.1) is 0 Å². The van der Waals surface area contributed by atoms with E-state index in [0.717, 1.165) is 12.1 Å². The predicted octanol–water partition coefficient (Wildman–Crippen LogP) is 1.57. The highest BCUT2D eigenvalue weighted by atomic mass is 32.2. The van der Waals surface area contributed by atoms with Crippen LogP contribution in [0, 0.1) is 6.92 Å². The highest BCUT2D eigenvalue weighted by Crippen LogP contribution is 2.20. The molecule has 0 saturated carbocycles. The van der Waals surface area contributed by atoms with Gasteiger partial charge in [0.05, 0.1) is 6.54 Å². The first-order chi connectivity index (χ1) is 10.0. The van der Waals surface area contributed by atoms with Crippen molar-refractivity contribution in [2.75, 3.05) is 6.54 Å². The third-order valence-electron chi connectivity index (χ3n) is 2.98. The van der Waals surface area contributed by atoms with E-state index >= 15 is 0 Å². The summed E-state index contributed by atoms with van der Waals surface area (Å²) in [6, 6.07) is 5.09. The van der Waals surface area contributed by atoms with Crippen LogP contribution in [0.25, 0.3) is 0 Å². The molecule has 0 aliphatic heterocycles. The van der Waals surface area contributed by atoms with E-state index in [4.69, 9.17) is 4.42 Å². The van der Waals surface area contributed by atoms with Crippen molar-refractivity contribution in [2.45, 2.75) is 31.8 Å². The lowest BCUT2D eigenvalue weighted by Crippen LogP contribution is -2.23. The number of nitrogens with one attached hydrogen (secondary N) is 2. The monoisotopic (exact) mass is 309 g/mol. The number of sulfonamides is 1. The molecule has 2 aromatic rings. The topological polar surface area (TPSA) is 84.2 Å². The van der Waals surface area contributed by atoms with E-state index in [0.29, 0.717) is 18.1 Å². The van der Waals surface area contributed by atoms with E-state index in [2.05, 4.69) is 15.0 Å². The van der Waals surface area contributed by atoms with Crippen LogP contribution in [0.1, 0.15) is 24.0 Å². The van der Waals surface area contributed by atoms with E-state index in [9.17, 15) is 8.42 Å². The van der Waals surface area contributed by atoms with Crippen molar-refractivity contribution < 1.29 is 12.8 Å². The number of furan rings is 1. The van der Waals surface area contributed by atoms with Gasteiger partial charge in [-0.3, -0.25) is 4.98 Å². The molecule has 0 atom stereocenters. The average Bonchev–Trinajstić information content (AvgIpc) is 2.86. The van der Waals surface area contributed by atoms with E-state index in [1.807, 2.05) is 6.92 Å². The third kappa shape index (κ3) is 4.13. The first-order valence-corrected chi connectivity index (χ1v) is 8.20. The second-order valence-electron chi connectivity index (χ2n) is 4.59. The molecule has 0 spiro atoms. The summed E-state index contributed by atoms with van der Waals surface area (Å²) >= 11 is 0. The minimum Gasteiger partial charge on any atom is -0.464 e. The molecular formula is C14H19N3O3S. The molecule has 0 radical (unpaired) electrons. The van der Waals surface area contributed by atoms with Crippen molar-refractivity contribution in [1.29, 1.82) is 0 Å². The molecule has 2 aromatic heterocycles. The Balaban J connectivity index is 2.10. The molecule has 21 heavy (non-hydrogen) atoms. The first-order valence-electron chi connectivity index (χ1n) is 6.71. The maximum Gasteiger partial charge on any atom is 0.244 e. The summed E-state index contributed by atoms with van der Waals surface area (Å²) in [4.78, 5) is 4.08. The van der Waals surface area contributed by atoms with Crippen LogP contribution in [0.4, 0.5) is 0 Å². The van der Waals surface area contributed by atoms with Crippen molar-refractivity contribution >= 4 is 10.0 Å². The van der Waals surface area contributed by atoms with E-state index in [-0.39, 0.29) is 11.4 Å². The normalized spacial score (nSPS) is 11.7. The van der Waals surface area contributed by atoms with Crippen molar-refractivity contribution in [3.05, 3.63) is 47.7 Å². The maximum absolute atomic E-state index is 12.3. The number of pyridine rings is 1. The minimum absolute atomic E-state index is 0.185. The van der Waals surface area contributed by atoms with Gasteiger partial charge in [0.25, 0.3) is 0 Å². The number of rotatable bonds is 7. The van der Waals surface area contributed by atoms with Crippen LogP contribution in [0.2, 0.25) is 0 Å². The molecule has 7 heteroatoms. The zero-order valence-corrected chi connectivity index (χ0v) is 12.9. The zero-order chi connectivity index (χ0) is 15.3. The fraction of sp³-hybridized carbons (Fsp3) is 0.357. The summed E-state index contributed by atoms with van der Waals surface area (Å²) in [5.74, 6) is 1.00. The number of nitrogens with zero attached hydrogens (tertiary/aromatic N) is 1. The first kappa shape index (κ1) is 15.7. The Bertz CT molecular complexity index is 681. The molecule has 6 nitrogen and oxygen atoms in total. The summed E-state index contributed by atoms with van der Waals surface area (Å²) in [5.41, 5.74) is 0.850. The molecule has 2 N–H and O–H groups in total. The van der Waals surface area contributed by atoms with Crippen LogP contribution in [-0.2, 0) is 23.1 Å². The van der Waals surface area contributed by atoms with E-state index in [1.165, 1.54) is 0 Å². The Morgan fingerprint density at radius 1 is 1.24 bits per heavy atom. The Hall–Kier alpha value is -1.70. The van der Waals surface area contributed by atoms with Gasteiger partial charge in [-0.25, -0.2) is 13.1 Å². The molecule has 0 aliphatic rings. The van der Waals surface area contributed by atoms with Crippen molar-refractivity contribution in [3.8, 4) is 0 Å². The molecule has 0 aromatic carbocycles. The smallest absolute Gasteiger partial charge is 0.244 e. The van der Waals surface area contributed by atoms with Crippen molar-refractivity contribution in [2.24, 2.45) is 0 Å². The van der Waals surface area contributed by atoms with Crippen LogP contribution in [0.5, 0.6) is 0 Å². The van der Waals surface area contributed by atoms with Crippen LogP contribution in [0.15, 0.2) is 39.9 Å². The maximum atomic E-state index is 12.3. The lowest BCUT2D eigenvalue weighted by Gasteiger charge is -2.05. The SMILES string of the molecule is CCNCc1cc(S(=O)(=O)NCc2ccncc2)c(C)o1. The molecule has 114 valence electrons. The van der Waals surface area contributed by atoms with Crippen LogP contribution < -0.4 is 10.0 Å². The standard InChI is InChI=1S/C14H19N3O3S/c1-3-15-10-13-8-14(11(2)20-13)21(18,19)17-9-12-4-6-16-7-5-12/h4-8,15,17H,3,9-10H2,1-2H3. The largest absolute Gasteiger partial charge is 0.464 e. The van der Waals surface area contributed by atoms with Gasteiger partial charge in [-0.2, -0.15) is 0 Å². The van der Waals surface area contributed by atoms with Crippen LogP contribution in [0.3, 0.4) is 0 Å². The lowest BCUT2D eigenvalue weighted by atomic mass is 10.3. The minimum atomic E-state index is -3.59. The second-order valence-corrected chi connectivity index (χ2v) is 6.33. The van der Waals surface area contributed by atoms with Gasteiger partial charge in [0.2, 0.25) is 10.0 Å². The van der Waals surface area contributed by atoms with Gasteiger partial charge in [0.15, 0.2) is 0 Å². The molecule has 0 bridgehead atoms. The fourth-order valence-corrected chi connectivity index (χ4v) is 3.10. The van der Waals surface area contributed by atoms with Crippen molar-refractivity contribution in [1.82, 2.24) is 15.0 Å². The zero-order valence-electron chi connectivity index (χ0n) is 12.1. The lowest BCUT2D eigenvalue weighted by molar-refractivity contribution is 0.460. The van der Waals surface area contributed by atoms with E-state index in [1.54, 1.807) is 37.5 Å². The molecule has 0 fully saturated rings. The molecule has 0 aliphatic carbocycles. The summed E-state index contributed by atoms with van der Waals surface area (Å²) in [6.45, 7) is 5.15. The Morgan fingerprint density at radius 2 is 1.95 bits per heavy atom. The number of hydrogen-bond donors (Lipinski definition) is 2. The van der Waals surface area contributed by atoms with Crippen LogP contribution in [-0.4, -0.2) is 19.9 Å². The summed E-state index contributed by atoms with van der Waals surface area (Å²) in [5, 5.41) is 3.10. The number of aromatic nitrogens is 1. The molecule has 0 amide bonds. The Kier molecular flexibility index (Phi) is 5.11. The summed E-state index contributed by atoms with van der Waals surface area (Å²) in [7, 11) is -3.59. The van der Waals surface area contributed by atoms with Gasteiger partial charge in [0.1, 0.15) is 16.4 Å². The molecular weight excluding hydrogens is 290 g/mol. The molecule has 0 saturated heterocycles. The number of aryl methyl sites for hydroxylation is 1. The van der Waals surface area contributed by atoms with Gasteiger partial charge in [-0.05, 0) is 31.2 Å². The predicted molar refractivity (Wildman–Crippen MR) is 79.1 cm³/mol. The van der Waals surface area contributed by atoms with Crippen molar-refractivity contribution in [3.63, 3.8) is 0 Å². The van der Waals surface area contributed by atoms with Gasteiger partial charge in [-0.1, -0.05) is 6.92 Å². The highest BCUT2D eigenvalue weighted by Gasteiger charge is 2.21.